The summed E-state index contributed by atoms with van der Waals surface area (Å²) in [5.74, 6) is 1.41. The van der Waals surface area contributed by atoms with Gasteiger partial charge in [-0.15, -0.1) is 12.4 Å². The van der Waals surface area contributed by atoms with Gasteiger partial charge in [-0.05, 0) is 230 Å². The summed E-state index contributed by atoms with van der Waals surface area (Å²) < 4.78 is 5.42. The minimum atomic E-state index is -0.0893. The Bertz CT molecular complexity index is 7750. The number of allylic oxidation sites excluding steroid dienone is 1. The summed E-state index contributed by atoms with van der Waals surface area (Å²) in [5.41, 5.74) is 36.6. The maximum Gasteiger partial charge on any atom is 0.204 e. The summed E-state index contributed by atoms with van der Waals surface area (Å²) in [6.07, 6.45) is 12.0. The first-order chi connectivity index (χ1) is 70.1. The van der Waals surface area contributed by atoms with E-state index in [-0.39, 0.29) is 53.1 Å². The molecule has 0 bridgehead atoms. The highest BCUT2D eigenvalue weighted by Gasteiger charge is 2.22. The Morgan fingerprint density at radius 3 is 0.986 bits per heavy atom. The number of Topliss-reactive ketones (excluding diaryl/α,β-unsaturated/α-hetero) is 1. The Hall–Kier alpha value is -17.1. The van der Waals surface area contributed by atoms with Crippen LogP contribution in [-0.4, -0.2) is 76.5 Å². The minimum Gasteiger partial charge on any atom is -0.384 e. The number of nitrogens with two attached hydrogens (primary N) is 1. The first-order valence-electron chi connectivity index (χ1n) is 46.2. The highest BCUT2D eigenvalue weighted by molar-refractivity contribution is 9.11. The number of fused-ring (bicyclic) bond motifs is 6. The topological polar surface area (TPSA) is 209 Å². The summed E-state index contributed by atoms with van der Waals surface area (Å²) in [6, 6.07) is 157. The van der Waals surface area contributed by atoms with E-state index < -0.39 is 0 Å². The van der Waals surface area contributed by atoms with Crippen LogP contribution in [0, 0.1) is 5.41 Å². The Kier molecular flexibility index (Phi) is 38.8. The lowest BCUT2D eigenvalue weighted by molar-refractivity contribution is 0.101. The van der Waals surface area contributed by atoms with Crippen LogP contribution in [0.4, 0.5) is 0 Å². The molecule has 147 heavy (non-hydrogen) atoms. The molecule has 3 N–H and O–H groups in total. The fourth-order valence-corrected chi connectivity index (χ4v) is 16.9. The summed E-state index contributed by atoms with van der Waals surface area (Å²) in [7, 11) is 0. The van der Waals surface area contributed by atoms with E-state index >= 15 is 0 Å². The standard InChI is InChI=1S/C45H30N4.C25H18.C21H14BrN3.C14H10BrNO.C7H5BrO.C7H8N2.C7H7NO.2CH4.B.ClH/c1-4-12-31(13-5-1)35-21-25-43-38(28-35)39-29-36(32-14-6-2-7-15-32)22-26-44(39)49(43)37-23-19-33(20-24-37)41-30-42(40-18-10-11-27-46-40)48-45(47-41)34-16-8-3-9-17-34;1-3-7-18(8-4-1)20-11-13-22-15-23-14-12-21(17-25(23)24(22)16-20)19-9-5-2-6-10-19;22-17-11-9-15(10-12-17)19-14-20(18-8-4-5-13-23-18)25-21(24-19)16-6-2-1-3-7-16;15-12-7-4-11(5-8-12)6-9-14(17)13-3-1-2-10-16-13;8-7-3-1-6(5-9)2-4-7;8-7(9)6-4-2-1-3-5-6;1-6(9)7-4-2-3-5-8-7;;;;/h1-30H;1-14,16-17H,15H2;1-14H;1-10H;1-5H;1-5H,(H3,8,9);2-5H,1H3;2*1H4;;1H/b;;;9-6+;;;;;;;. The lowest BCUT2D eigenvalue weighted by Gasteiger charge is -2.11. The number of pyridine rings is 4. The molecular weight excluding hydrogens is 2030 g/mol. The number of ketones is 2. The van der Waals surface area contributed by atoms with Gasteiger partial charge in [-0.2, -0.15) is 0 Å². The van der Waals surface area contributed by atoms with Crippen molar-refractivity contribution in [3.05, 3.63) is 551 Å². The molecule has 1 aliphatic rings. The molecule has 14 nitrogen and oxygen atoms in total. The van der Waals surface area contributed by atoms with Gasteiger partial charge >= 0.3 is 0 Å². The van der Waals surface area contributed by atoms with Gasteiger partial charge in [0, 0.05) is 103 Å². The Morgan fingerprint density at radius 1 is 0.320 bits per heavy atom. The number of amidine groups is 1. The van der Waals surface area contributed by atoms with Crippen LogP contribution in [0.15, 0.2) is 511 Å². The lowest BCUT2D eigenvalue weighted by atomic mass is 9.96. The maximum absolute atomic E-state index is 11.7. The molecule has 0 saturated heterocycles. The van der Waals surface area contributed by atoms with Crippen LogP contribution in [-0.2, 0) is 6.42 Å². The molecule has 0 amide bonds. The molecule has 0 atom stereocenters. The van der Waals surface area contributed by atoms with Crippen molar-refractivity contribution in [2.75, 3.05) is 0 Å². The van der Waals surface area contributed by atoms with Gasteiger partial charge in [0.05, 0.1) is 45.2 Å². The molecule has 22 aromatic rings. The molecule has 19 heteroatoms. The average Bonchev–Trinajstić information content (AvgIpc) is 1.58. The number of hydrogen-bond donors (Lipinski definition) is 2. The number of carbonyl (C=O) groups is 3. The van der Waals surface area contributed by atoms with Gasteiger partial charge in [0.25, 0.3) is 0 Å². The fraction of sp³-hybridized carbons (Fsp3) is 0.0312. The smallest absolute Gasteiger partial charge is 0.204 e. The Labute approximate surface area is 891 Å². The Balaban J connectivity index is 0.000000157. The Morgan fingerprint density at radius 2 is 0.639 bits per heavy atom. The second kappa shape index (κ2) is 53.3. The van der Waals surface area contributed by atoms with Crippen molar-refractivity contribution in [3.8, 4) is 129 Å². The molecule has 0 fully saturated rings. The number of carbonyl (C=O) groups excluding carboxylic acids is 3. The normalized spacial score (nSPS) is 10.4. The number of halogens is 4. The molecular formula is C128H101BBr3ClN11O3. The van der Waals surface area contributed by atoms with E-state index in [2.05, 4.69) is 291 Å². The molecule has 7 heterocycles. The van der Waals surface area contributed by atoms with Crippen LogP contribution < -0.4 is 5.73 Å². The van der Waals surface area contributed by atoms with E-state index in [1.807, 2.05) is 200 Å². The van der Waals surface area contributed by atoms with E-state index in [9.17, 15) is 14.4 Å². The molecule has 717 valence electrons. The second-order valence-corrected chi connectivity index (χ2v) is 35.8. The molecule has 23 rings (SSSR count). The van der Waals surface area contributed by atoms with Crippen molar-refractivity contribution in [3.63, 3.8) is 0 Å². The van der Waals surface area contributed by atoms with Crippen molar-refractivity contribution in [1.82, 2.24) is 44.4 Å². The average molecular weight is 2130 g/mol. The number of nitrogens with zero attached hydrogens (tertiary/aromatic N) is 9. The molecule has 0 saturated carbocycles. The molecule has 7 aromatic heterocycles. The number of aromatic nitrogens is 9. The molecule has 0 aliphatic heterocycles. The van der Waals surface area contributed by atoms with Crippen LogP contribution >= 0.6 is 60.2 Å². The van der Waals surface area contributed by atoms with E-state index in [4.69, 9.17) is 31.1 Å². The van der Waals surface area contributed by atoms with Crippen LogP contribution in [0.25, 0.3) is 157 Å². The third-order valence-electron chi connectivity index (χ3n) is 23.3. The van der Waals surface area contributed by atoms with Gasteiger partial charge in [-0.3, -0.25) is 39.7 Å². The fourth-order valence-electron chi connectivity index (χ4n) is 16.1. The van der Waals surface area contributed by atoms with Crippen molar-refractivity contribution in [2.24, 2.45) is 5.73 Å². The minimum absolute atomic E-state index is 0. The van der Waals surface area contributed by atoms with E-state index in [0.717, 1.165) is 99.4 Å². The van der Waals surface area contributed by atoms with Gasteiger partial charge in [0.2, 0.25) is 5.78 Å². The third kappa shape index (κ3) is 28.5. The largest absolute Gasteiger partial charge is 0.384 e. The number of benzene rings is 15. The van der Waals surface area contributed by atoms with Gasteiger partial charge < -0.3 is 10.3 Å². The van der Waals surface area contributed by atoms with E-state index in [0.29, 0.717) is 28.6 Å². The lowest BCUT2D eigenvalue weighted by Crippen LogP contribution is -2.10. The highest BCUT2D eigenvalue weighted by Crippen LogP contribution is 2.43. The number of aldehydes is 1. The van der Waals surface area contributed by atoms with Crippen LogP contribution in [0.2, 0.25) is 0 Å². The molecule has 1 aliphatic carbocycles. The van der Waals surface area contributed by atoms with Crippen molar-refractivity contribution in [1.29, 1.82) is 5.41 Å². The maximum atomic E-state index is 11.7. The number of nitrogens with one attached hydrogen (secondary N) is 1. The summed E-state index contributed by atoms with van der Waals surface area (Å²) in [4.78, 5) is 68.7. The molecule has 15 aromatic carbocycles. The van der Waals surface area contributed by atoms with Crippen molar-refractivity contribution in [2.45, 2.75) is 28.2 Å². The predicted octanol–water partition coefficient (Wildman–Crippen LogP) is 33.1. The van der Waals surface area contributed by atoms with Crippen molar-refractivity contribution < 1.29 is 14.4 Å². The van der Waals surface area contributed by atoms with Crippen LogP contribution in [0.3, 0.4) is 0 Å². The summed E-state index contributed by atoms with van der Waals surface area (Å²) in [6.45, 7) is 1.50. The van der Waals surface area contributed by atoms with Crippen LogP contribution in [0.5, 0.6) is 0 Å². The van der Waals surface area contributed by atoms with Crippen molar-refractivity contribution >= 4 is 120 Å². The van der Waals surface area contributed by atoms with Gasteiger partial charge in [-0.25, -0.2) is 19.9 Å². The first kappa shape index (κ1) is 107. The number of rotatable bonds is 17. The van der Waals surface area contributed by atoms with E-state index in [1.54, 1.807) is 79.4 Å². The summed E-state index contributed by atoms with van der Waals surface area (Å²) >= 11 is 10.1. The van der Waals surface area contributed by atoms with Gasteiger partial charge in [-0.1, -0.05) is 390 Å². The SMILES string of the molecule is Brc1ccc(-c2cc(-c3ccccn3)nc(-c3ccccc3)n2)cc1.C.C.CC(=O)c1ccccn1.Cl.N=C(N)c1ccccc1.O=C(/C=C/c1ccc(Br)cc1)c1ccccn1.O=Cc1ccc(Br)cc1.[B].c1ccc(-c2ccc3c(c2)-c2cc(-c4ccccc4)ccc2C3)cc1.c1ccc(-c2ccc3c(c2)c2cc(-c4ccccc4)ccc2n3-c2ccc(-c3cc(-c4ccccn4)nc(-c4ccccc4)n3)cc2)cc1. The molecule has 0 spiro atoms. The van der Waals surface area contributed by atoms with Gasteiger partial charge in [0.15, 0.2) is 17.4 Å². The summed E-state index contributed by atoms with van der Waals surface area (Å²) in [5, 5.41) is 9.46. The monoisotopic (exact) mass is 2120 g/mol. The zero-order valence-electron chi connectivity index (χ0n) is 78.7. The zero-order chi connectivity index (χ0) is 98.4. The van der Waals surface area contributed by atoms with Crippen LogP contribution in [0.1, 0.15) is 75.4 Å². The quantitative estimate of drug-likeness (QED) is 0.0218. The zero-order valence-corrected chi connectivity index (χ0v) is 84.2. The first-order valence-corrected chi connectivity index (χ1v) is 48.6. The number of nitrogen functional groups attached to an aromatic ring is 1. The predicted molar refractivity (Wildman–Crippen MR) is 620 cm³/mol. The van der Waals surface area contributed by atoms with E-state index in [1.165, 1.54) is 102 Å². The second-order valence-electron chi connectivity index (χ2n) is 33.0. The van der Waals surface area contributed by atoms with Gasteiger partial charge in [0.1, 0.15) is 23.5 Å². The highest BCUT2D eigenvalue weighted by atomic mass is 79.9. The molecule has 0 unspecified atom stereocenters. The number of hydrogen-bond acceptors (Lipinski definition) is 12. The molecule has 3 radical (unpaired) electrons. The third-order valence-corrected chi connectivity index (χ3v) is 24.9.